The van der Waals surface area contributed by atoms with Crippen LogP contribution in [0.1, 0.15) is 21.5 Å². The summed E-state index contributed by atoms with van der Waals surface area (Å²) in [5, 5.41) is 5.60. The molecule has 6 aromatic rings. The van der Waals surface area contributed by atoms with Crippen molar-refractivity contribution in [1.29, 1.82) is 0 Å². The Morgan fingerprint density at radius 3 is 1.69 bits per heavy atom. The van der Waals surface area contributed by atoms with E-state index >= 15 is 0 Å². The summed E-state index contributed by atoms with van der Waals surface area (Å²) in [4.78, 5) is 58.1. The summed E-state index contributed by atoms with van der Waals surface area (Å²) in [5.41, 5.74) is 5.61. The third-order valence-electron chi connectivity index (χ3n) is 7.79. The molecule has 4 heterocycles. The lowest BCUT2D eigenvalue weighted by Gasteiger charge is -2.14. The van der Waals surface area contributed by atoms with E-state index in [1.807, 2.05) is 38.5 Å². The minimum atomic E-state index is -0.346. The molecule has 0 bridgehead atoms. The highest BCUT2D eigenvalue weighted by molar-refractivity contribution is 7.98. The molecule has 0 aliphatic rings. The zero-order chi connectivity index (χ0) is 32.0. The number of amides is 1. The molecular weight excluding hydrogens is 607 g/mol. The normalized spacial score (nSPS) is 11.3. The molecule has 0 saturated heterocycles. The summed E-state index contributed by atoms with van der Waals surface area (Å²) >= 11 is 2.82. The van der Waals surface area contributed by atoms with Crippen LogP contribution in [-0.2, 0) is 14.1 Å². The van der Waals surface area contributed by atoms with E-state index in [0.29, 0.717) is 55.1 Å². The number of hydrogen-bond donors (Lipinski definition) is 1. The quantitative estimate of drug-likeness (QED) is 0.183. The first-order valence-electron chi connectivity index (χ1n) is 13.9. The number of aryl methyl sites for hydroxylation is 4. The van der Waals surface area contributed by atoms with Gasteiger partial charge in [-0.15, -0.1) is 0 Å². The van der Waals surface area contributed by atoms with Crippen molar-refractivity contribution in [3.8, 4) is 22.3 Å². The lowest BCUT2D eigenvalue weighted by Crippen LogP contribution is -2.21. The Morgan fingerprint density at radius 2 is 1.18 bits per heavy atom. The molecule has 0 unspecified atom stereocenters. The van der Waals surface area contributed by atoms with Crippen molar-refractivity contribution >= 4 is 57.2 Å². The lowest BCUT2D eigenvalue weighted by atomic mass is 9.97. The second-order valence-electron chi connectivity index (χ2n) is 10.6. The maximum absolute atomic E-state index is 13.5. The van der Waals surface area contributed by atoms with Crippen LogP contribution in [0.15, 0.2) is 80.8 Å². The number of benzene rings is 2. The van der Waals surface area contributed by atoms with Crippen LogP contribution >= 0.6 is 23.5 Å². The predicted molar refractivity (Wildman–Crippen MR) is 181 cm³/mol. The number of carbonyl (C=O) groups is 1. The number of hydrogen-bond acceptors (Lipinski definition) is 9. The minimum absolute atomic E-state index is 0.199. The highest BCUT2D eigenvalue weighted by Crippen LogP contribution is 2.29. The number of fused-ring (bicyclic) bond motifs is 2. The fraction of sp³-hybridized carbons (Fsp3) is 0.182. The second kappa shape index (κ2) is 11.9. The van der Waals surface area contributed by atoms with Gasteiger partial charge in [0.05, 0.1) is 0 Å². The average Bonchev–Trinajstić information content (AvgIpc) is 3.05. The molecule has 12 heteroatoms. The molecule has 10 nitrogen and oxygen atoms in total. The summed E-state index contributed by atoms with van der Waals surface area (Å²) < 4.78 is 3.03. The Balaban J connectivity index is 1.35. The number of carbonyl (C=O) groups excluding carboxylic acids is 1. The van der Waals surface area contributed by atoms with Crippen LogP contribution in [0.5, 0.6) is 0 Å². The zero-order valence-corrected chi connectivity index (χ0v) is 27.1. The van der Waals surface area contributed by atoms with E-state index in [-0.39, 0.29) is 17.0 Å². The van der Waals surface area contributed by atoms with Gasteiger partial charge in [0.25, 0.3) is 17.0 Å². The predicted octanol–water partition coefficient (Wildman–Crippen LogP) is 5.62. The molecule has 4 aromatic heterocycles. The number of nitrogens with zero attached hydrogens (tertiary/aromatic N) is 6. The topological polar surface area (TPSA) is 125 Å². The van der Waals surface area contributed by atoms with Crippen LogP contribution in [-0.4, -0.2) is 47.5 Å². The van der Waals surface area contributed by atoms with Crippen LogP contribution in [0.3, 0.4) is 0 Å². The molecule has 2 aromatic carbocycles. The molecule has 1 amide bonds. The Hall–Kier alpha value is -4.81. The number of nitrogens with one attached hydrogen (secondary N) is 1. The number of aromatic nitrogens is 6. The molecule has 0 aliphatic carbocycles. The van der Waals surface area contributed by atoms with Crippen molar-refractivity contribution in [1.82, 2.24) is 29.1 Å². The first-order valence-corrected chi connectivity index (χ1v) is 16.4. The number of rotatable bonds is 6. The summed E-state index contributed by atoms with van der Waals surface area (Å²) in [6, 6.07) is 14.3. The van der Waals surface area contributed by atoms with Crippen molar-refractivity contribution in [3.63, 3.8) is 0 Å². The Labute approximate surface area is 267 Å². The van der Waals surface area contributed by atoms with Crippen molar-refractivity contribution < 1.29 is 4.79 Å². The van der Waals surface area contributed by atoms with Gasteiger partial charge >= 0.3 is 0 Å². The van der Waals surface area contributed by atoms with Gasteiger partial charge in [-0.25, -0.2) is 19.9 Å². The summed E-state index contributed by atoms with van der Waals surface area (Å²) in [7, 11) is 3.38. The van der Waals surface area contributed by atoms with Crippen molar-refractivity contribution in [2.45, 2.75) is 24.2 Å². The standard InChI is InChI=1S/C33H29N7O3S2/c1-17-7-9-19(11-23(17)25-12-20-15-34-32(44-5)37-27(20)39(3)30(25)42)29(41)36-22-10-8-18(2)24(14-22)26-13-21-16-35-33(45-6)38-28(21)40(4)31(26)43/h7-16H,1-6H3,(H,36,41). The third-order valence-corrected chi connectivity index (χ3v) is 8.92. The summed E-state index contributed by atoms with van der Waals surface area (Å²) in [6.45, 7) is 3.82. The fourth-order valence-electron chi connectivity index (χ4n) is 5.29. The van der Waals surface area contributed by atoms with E-state index in [4.69, 9.17) is 0 Å². The molecule has 226 valence electrons. The van der Waals surface area contributed by atoms with E-state index in [0.717, 1.165) is 21.9 Å². The number of anilines is 1. The largest absolute Gasteiger partial charge is 0.322 e. The van der Waals surface area contributed by atoms with Gasteiger partial charge in [0.15, 0.2) is 10.3 Å². The van der Waals surface area contributed by atoms with Crippen LogP contribution in [0, 0.1) is 13.8 Å². The minimum Gasteiger partial charge on any atom is -0.322 e. The van der Waals surface area contributed by atoms with Gasteiger partial charge in [-0.2, -0.15) is 0 Å². The number of pyridine rings is 2. The molecule has 1 N–H and O–H groups in total. The maximum Gasteiger partial charge on any atom is 0.259 e. The van der Waals surface area contributed by atoms with Crippen molar-refractivity contribution in [3.05, 3.63) is 98.3 Å². The van der Waals surface area contributed by atoms with E-state index in [1.165, 1.54) is 32.7 Å². The van der Waals surface area contributed by atoms with Gasteiger partial charge in [-0.3, -0.25) is 23.5 Å². The molecule has 0 spiro atoms. The van der Waals surface area contributed by atoms with Gasteiger partial charge in [-0.05, 0) is 85.0 Å². The Morgan fingerprint density at radius 1 is 0.689 bits per heavy atom. The van der Waals surface area contributed by atoms with Crippen LogP contribution in [0.2, 0.25) is 0 Å². The average molecular weight is 636 g/mol. The Kier molecular flexibility index (Phi) is 8.02. The van der Waals surface area contributed by atoms with E-state index in [1.54, 1.807) is 62.9 Å². The summed E-state index contributed by atoms with van der Waals surface area (Å²) in [5.74, 6) is -0.346. The highest BCUT2D eigenvalue weighted by Gasteiger charge is 2.17. The van der Waals surface area contributed by atoms with Crippen molar-refractivity contribution in [2.75, 3.05) is 17.8 Å². The molecule has 0 fully saturated rings. The lowest BCUT2D eigenvalue weighted by molar-refractivity contribution is 0.102. The maximum atomic E-state index is 13.5. The molecule has 0 aliphatic heterocycles. The second-order valence-corrected chi connectivity index (χ2v) is 12.2. The molecule has 0 radical (unpaired) electrons. The van der Waals surface area contributed by atoms with Gasteiger partial charge in [0, 0.05) is 59.6 Å². The van der Waals surface area contributed by atoms with Crippen LogP contribution in [0.4, 0.5) is 5.69 Å². The molecule has 45 heavy (non-hydrogen) atoms. The van der Waals surface area contributed by atoms with Crippen LogP contribution in [0.25, 0.3) is 44.3 Å². The number of thioether (sulfide) groups is 2. The van der Waals surface area contributed by atoms with Gasteiger partial charge in [-0.1, -0.05) is 35.7 Å². The van der Waals surface area contributed by atoms with Gasteiger partial charge < -0.3 is 5.32 Å². The first kappa shape index (κ1) is 30.2. The van der Waals surface area contributed by atoms with Crippen LogP contribution < -0.4 is 16.4 Å². The molecule has 6 rings (SSSR count). The first-order chi connectivity index (χ1) is 21.6. The van der Waals surface area contributed by atoms with Gasteiger partial charge in [0.2, 0.25) is 0 Å². The van der Waals surface area contributed by atoms with Gasteiger partial charge in [0.1, 0.15) is 11.3 Å². The SMILES string of the molecule is CSc1ncc2cc(-c3cc(NC(=O)c4ccc(C)c(-c5cc6cnc(SC)nc6n(C)c5=O)c4)ccc3C)c(=O)n(C)c2n1. The van der Waals surface area contributed by atoms with E-state index in [2.05, 4.69) is 25.3 Å². The molecular formula is C33H29N7O3S2. The van der Waals surface area contributed by atoms with E-state index in [9.17, 15) is 14.4 Å². The molecule has 0 atom stereocenters. The molecule has 0 saturated carbocycles. The summed E-state index contributed by atoms with van der Waals surface area (Å²) in [6.07, 6.45) is 7.18. The smallest absolute Gasteiger partial charge is 0.259 e. The van der Waals surface area contributed by atoms with Crippen molar-refractivity contribution in [2.24, 2.45) is 14.1 Å². The zero-order valence-electron chi connectivity index (χ0n) is 25.5. The third kappa shape index (κ3) is 5.51. The van der Waals surface area contributed by atoms with E-state index < -0.39 is 0 Å². The fourth-order valence-corrected chi connectivity index (χ4v) is 5.96. The monoisotopic (exact) mass is 635 g/mol. The Bertz CT molecular complexity index is 2300. The highest BCUT2D eigenvalue weighted by atomic mass is 32.2.